The van der Waals surface area contributed by atoms with Gasteiger partial charge in [-0.15, -0.1) is 24.0 Å². The average molecular weight is 470 g/mol. The molecule has 25 heavy (non-hydrogen) atoms. The van der Waals surface area contributed by atoms with Crippen LogP contribution in [-0.4, -0.2) is 50.6 Å². The van der Waals surface area contributed by atoms with Crippen LogP contribution in [-0.2, 0) is 11.3 Å². The lowest BCUT2D eigenvalue weighted by Crippen LogP contribution is -2.43. The molecule has 9 heteroatoms. The predicted octanol–water partition coefficient (Wildman–Crippen LogP) is 2.44. The zero-order chi connectivity index (χ0) is 17.9. The number of ether oxygens (including phenoxy) is 1. The molecule has 1 amide bonds. The fourth-order valence-electron chi connectivity index (χ4n) is 1.74. The van der Waals surface area contributed by atoms with E-state index in [2.05, 4.69) is 20.4 Å². The molecule has 0 aromatic heterocycles. The standard InChI is InChI=1S/C16H24F2N4O2.HI/c1-4-9-19-16(21-11-14(23)22(2)3)20-10-12-7-5-6-8-13(12)24-15(17)18;/h5-8,15H,4,9-11H2,1-3H3,(H2,19,20,21);1H. The van der Waals surface area contributed by atoms with E-state index >= 15 is 0 Å². The Morgan fingerprint density at radius 1 is 1.28 bits per heavy atom. The molecule has 0 heterocycles. The molecular weight excluding hydrogens is 445 g/mol. The molecule has 1 aromatic carbocycles. The minimum absolute atomic E-state index is 0. The van der Waals surface area contributed by atoms with Crippen molar-refractivity contribution < 1.29 is 18.3 Å². The fraction of sp³-hybridized carbons (Fsp3) is 0.500. The second kappa shape index (κ2) is 12.7. The minimum atomic E-state index is -2.89. The van der Waals surface area contributed by atoms with Crippen molar-refractivity contribution in [2.45, 2.75) is 26.5 Å². The third-order valence-corrected chi connectivity index (χ3v) is 3.04. The van der Waals surface area contributed by atoms with Crippen LogP contribution in [0.15, 0.2) is 29.3 Å². The third kappa shape index (κ3) is 9.42. The van der Waals surface area contributed by atoms with Crippen LogP contribution >= 0.6 is 24.0 Å². The van der Waals surface area contributed by atoms with Gasteiger partial charge in [-0.2, -0.15) is 8.78 Å². The average Bonchev–Trinajstić information content (AvgIpc) is 2.54. The van der Waals surface area contributed by atoms with E-state index < -0.39 is 6.61 Å². The van der Waals surface area contributed by atoms with Crippen molar-refractivity contribution in [3.8, 4) is 5.75 Å². The van der Waals surface area contributed by atoms with Crippen molar-refractivity contribution in [1.29, 1.82) is 0 Å². The normalized spacial score (nSPS) is 10.9. The number of para-hydroxylation sites is 1. The summed E-state index contributed by atoms with van der Waals surface area (Å²) in [5.74, 6) is 0.441. The van der Waals surface area contributed by atoms with Crippen molar-refractivity contribution in [1.82, 2.24) is 15.5 Å². The maximum atomic E-state index is 12.4. The molecule has 0 bridgehead atoms. The number of nitrogens with one attached hydrogen (secondary N) is 2. The monoisotopic (exact) mass is 470 g/mol. The first-order chi connectivity index (χ1) is 11.4. The van der Waals surface area contributed by atoms with Gasteiger partial charge in [-0.1, -0.05) is 25.1 Å². The zero-order valence-corrected chi connectivity index (χ0v) is 16.9. The van der Waals surface area contributed by atoms with E-state index in [1.54, 1.807) is 32.3 Å². The van der Waals surface area contributed by atoms with Crippen LogP contribution in [0, 0.1) is 0 Å². The lowest BCUT2D eigenvalue weighted by Gasteiger charge is -2.15. The molecule has 0 radical (unpaired) electrons. The van der Waals surface area contributed by atoms with Gasteiger partial charge >= 0.3 is 6.61 Å². The number of aliphatic imine (C=N–C) groups is 1. The highest BCUT2D eigenvalue weighted by Crippen LogP contribution is 2.20. The number of rotatable bonds is 8. The molecule has 0 saturated heterocycles. The molecule has 142 valence electrons. The molecule has 0 saturated carbocycles. The Bertz CT molecular complexity index is 557. The Morgan fingerprint density at radius 2 is 1.96 bits per heavy atom. The van der Waals surface area contributed by atoms with E-state index in [0.29, 0.717) is 18.1 Å². The summed E-state index contributed by atoms with van der Waals surface area (Å²) < 4.78 is 29.3. The molecule has 1 aromatic rings. The Hall–Kier alpha value is -1.65. The summed E-state index contributed by atoms with van der Waals surface area (Å²) >= 11 is 0. The highest BCUT2D eigenvalue weighted by atomic mass is 127. The Labute approximate surface area is 164 Å². The van der Waals surface area contributed by atoms with Gasteiger partial charge in [0, 0.05) is 26.2 Å². The van der Waals surface area contributed by atoms with E-state index in [1.807, 2.05) is 6.92 Å². The number of amides is 1. The first-order valence-electron chi connectivity index (χ1n) is 7.69. The van der Waals surface area contributed by atoms with Crippen LogP contribution in [0.25, 0.3) is 0 Å². The second-order valence-corrected chi connectivity index (χ2v) is 5.22. The number of alkyl halides is 2. The number of likely N-dealkylation sites (N-methyl/N-ethyl adjacent to an activating group) is 1. The van der Waals surface area contributed by atoms with E-state index in [-0.39, 0.29) is 48.7 Å². The van der Waals surface area contributed by atoms with Crippen LogP contribution in [0.1, 0.15) is 18.9 Å². The summed E-state index contributed by atoms with van der Waals surface area (Å²) in [6.45, 7) is 0.0395. The first kappa shape index (κ1) is 23.4. The van der Waals surface area contributed by atoms with Gasteiger partial charge in [0.2, 0.25) is 5.91 Å². The van der Waals surface area contributed by atoms with Crippen molar-refractivity contribution in [3.05, 3.63) is 29.8 Å². The smallest absolute Gasteiger partial charge is 0.387 e. The van der Waals surface area contributed by atoms with Gasteiger partial charge in [-0.05, 0) is 12.5 Å². The molecule has 1 rings (SSSR count). The van der Waals surface area contributed by atoms with Crippen LogP contribution < -0.4 is 15.4 Å². The largest absolute Gasteiger partial charge is 0.434 e. The Morgan fingerprint density at radius 3 is 2.56 bits per heavy atom. The SMILES string of the molecule is CCCNC(=NCc1ccccc1OC(F)F)NCC(=O)N(C)C.I. The number of halogens is 3. The quantitative estimate of drug-likeness (QED) is 0.348. The second-order valence-electron chi connectivity index (χ2n) is 5.22. The first-order valence-corrected chi connectivity index (χ1v) is 7.69. The molecule has 0 aliphatic carbocycles. The molecule has 0 aliphatic rings. The number of hydrogen-bond donors (Lipinski definition) is 2. The lowest BCUT2D eigenvalue weighted by molar-refractivity contribution is -0.127. The molecular formula is C16H25F2IN4O2. The number of nitrogens with zero attached hydrogens (tertiary/aromatic N) is 2. The summed E-state index contributed by atoms with van der Waals surface area (Å²) in [6.07, 6.45) is 0.882. The molecule has 0 atom stereocenters. The maximum Gasteiger partial charge on any atom is 0.387 e. The summed E-state index contributed by atoms with van der Waals surface area (Å²) in [4.78, 5) is 17.4. The van der Waals surface area contributed by atoms with Gasteiger partial charge in [-0.25, -0.2) is 4.99 Å². The highest BCUT2D eigenvalue weighted by Gasteiger charge is 2.10. The van der Waals surface area contributed by atoms with Gasteiger partial charge in [0.05, 0.1) is 13.1 Å². The molecule has 0 aliphatic heterocycles. The molecule has 0 unspecified atom stereocenters. The van der Waals surface area contributed by atoms with E-state index in [4.69, 9.17) is 0 Å². The van der Waals surface area contributed by atoms with Crippen LogP contribution in [0.5, 0.6) is 5.75 Å². The van der Waals surface area contributed by atoms with Crippen molar-refractivity contribution >= 4 is 35.8 Å². The number of benzene rings is 1. The van der Waals surface area contributed by atoms with Crippen LogP contribution in [0.3, 0.4) is 0 Å². The number of guanidine groups is 1. The van der Waals surface area contributed by atoms with E-state index in [0.717, 1.165) is 6.42 Å². The van der Waals surface area contributed by atoms with Crippen molar-refractivity contribution in [2.75, 3.05) is 27.2 Å². The molecule has 0 spiro atoms. The van der Waals surface area contributed by atoms with Crippen molar-refractivity contribution in [2.24, 2.45) is 4.99 Å². The predicted molar refractivity (Wildman–Crippen MR) is 105 cm³/mol. The van der Waals surface area contributed by atoms with Gasteiger partial charge in [0.25, 0.3) is 0 Å². The van der Waals surface area contributed by atoms with Gasteiger partial charge < -0.3 is 20.3 Å². The number of carbonyl (C=O) groups is 1. The zero-order valence-electron chi connectivity index (χ0n) is 14.6. The van der Waals surface area contributed by atoms with Gasteiger partial charge in [-0.3, -0.25) is 4.79 Å². The Balaban J connectivity index is 0.00000576. The maximum absolute atomic E-state index is 12.4. The van der Waals surface area contributed by atoms with Crippen molar-refractivity contribution in [3.63, 3.8) is 0 Å². The van der Waals surface area contributed by atoms with Crippen LogP contribution in [0.4, 0.5) is 8.78 Å². The molecule has 2 N–H and O–H groups in total. The van der Waals surface area contributed by atoms with Gasteiger partial charge in [0.15, 0.2) is 5.96 Å². The van der Waals surface area contributed by atoms with Crippen LogP contribution in [0.2, 0.25) is 0 Å². The summed E-state index contributed by atoms with van der Waals surface area (Å²) in [5.41, 5.74) is 0.536. The molecule has 0 fully saturated rings. The fourth-order valence-corrected chi connectivity index (χ4v) is 1.74. The highest BCUT2D eigenvalue weighted by molar-refractivity contribution is 14.0. The van der Waals surface area contributed by atoms with E-state index in [9.17, 15) is 13.6 Å². The summed E-state index contributed by atoms with van der Waals surface area (Å²) in [5, 5.41) is 6.00. The number of hydrogen-bond acceptors (Lipinski definition) is 3. The summed E-state index contributed by atoms with van der Waals surface area (Å²) in [6, 6.07) is 6.49. The minimum Gasteiger partial charge on any atom is -0.434 e. The topological polar surface area (TPSA) is 66.0 Å². The molecule has 6 nitrogen and oxygen atoms in total. The number of carbonyl (C=O) groups excluding carboxylic acids is 1. The summed E-state index contributed by atoms with van der Waals surface area (Å²) in [7, 11) is 3.33. The Kier molecular flexibility index (Phi) is 11.8. The third-order valence-electron chi connectivity index (χ3n) is 3.04. The van der Waals surface area contributed by atoms with Gasteiger partial charge in [0.1, 0.15) is 5.75 Å². The lowest BCUT2D eigenvalue weighted by atomic mass is 10.2. The van der Waals surface area contributed by atoms with E-state index in [1.165, 1.54) is 11.0 Å².